The van der Waals surface area contributed by atoms with Gasteiger partial charge in [0.25, 0.3) is 0 Å². The molecule has 0 rings (SSSR count). The summed E-state index contributed by atoms with van der Waals surface area (Å²) >= 11 is 0. The second-order valence-corrected chi connectivity index (χ2v) is 2.38. The fraction of sp³-hybridized carbons (Fsp3) is 0.364. The molecule has 3 nitrogen and oxygen atoms in total. The van der Waals surface area contributed by atoms with E-state index in [1.807, 2.05) is 13.8 Å². The molecule has 0 fully saturated rings. The summed E-state index contributed by atoms with van der Waals surface area (Å²) in [5.74, 6) is 0. The van der Waals surface area contributed by atoms with Gasteiger partial charge in [-0.25, -0.2) is 4.79 Å². The Morgan fingerprint density at radius 3 is 2.21 bits per heavy atom. The highest BCUT2D eigenvalue weighted by molar-refractivity contribution is 5.72. The predicted molar refractivity (Wildman–Crippen MR) is 62.0 cm³/mol. The third kappa shape index (κ3) is 7.16. The number of rotatable bonds is 4. The molecule has 0 aromatic heterocycles. The first-order valence-electron chi connectivity index (χ1n) is 4.56. The summed E-state index contributed by atoms with van der Waals surface area (Å²) in [4.78, 5) is 12.0. The van der Waals surface area contributed by atoms with E-state index in [0.717, 1.165) is 5.57 Å². The highest BCUT2D eigenvalue weighted by atomic mass is 16.2. The van der Waals surface area contributed by atoms with Crippen LogP contribution in [0.2, 0.25) is 0 Å². The van der Waals surface area contributed by atoms with Crippen LogP contribution in [-0.2, 0) is 0 Å². The van der Waals surface area contributed by atoms with Crippen molar-refractivity contribution in [2.24, 2.45) is 5.73 Å². The van der Waals surface area contributed by atoms with Gasteiger partial charge in [0.15, 0.2) is 0 Å². The summed E-state index contributed by atoms with van der Waals surface area (Å²) in [5, 5.41) is 0. The van der Waals surface area contributed by atoms with Crippen molar-refractivity contribution in [1.29, 1.82) is 0 Å². The van der Waals surface area contributed by atoms with Crippen LogP contribution in [0.5, 0.6) is 0 Å². The molecule has 0 unspecified atom stereocenters. The van der Waals surface area contributed by atoms with Crippen LogP contribution in [0.1, 0.15) is 13.8 Å². The number of carbonyl (C=O) groups is 1. The zero-order chi connectivity index (χ0) is 11.6. The summed E-state index contributed by atoms with van der Waals surface area (Å²) < 4.78 is 0. The second-order valence-electron chi connectivity index (χ2n) is 2.38. The van der Waals surface area contributed by atoms with E-state index >= 15 is 0 Å². The summed E-state index contributed by atoms with van der Waals surface area (Å²) in [6.07, 6.45) is 5.10. The summed E-state index contributed by atoms with van der Waals surface area (Å²) in [7, 11) is 1.63. The Balaban J connectivity index is 0. The van der Waals surface area contributed by atoms with Crippen LogP contribution in [0.3, 0.4) is 0 Å². The van der Waals surface area contributed by atoms with Gasteiger partial charge < -0.3 is 10.6 Å². The molecule has 0 saturated carbocycles. The zero-order valence-electron chi connectivity index (χ0n) is 9.29. The Morgan fingerprint density at radius 1 is 1.43 bits per heavy atom. The molecule has 0 saturated heterocycles. The number of urea groups is 1. The second kappa shape index (κ2) is 9.58. The number of likely N-dealkylation sites (N-methyl/N-ethyl adjacent to an activating group) is 1. The van der Waals surface area contributed by atoms with Gasteiger partial charge in [-0.2, -0.15) is 0 Å². The van der Waals surface area contributed by atoms with Gasteiger partial charge in [-0.1, -0.05) is 45.2 Å². The van der Waals surface area contributed by atoms with E-state index in [4.69, 9.17) is 5.73 Å². The lowest BCUT2D eigenvalue weighted by molar-refractivity contribution is 0.222. The first-order chi connectivity index (χ1) is 6.61. The summed E-state index contributed by atoms with van der Waals surface area (Å²) in [6.45, 7) is 11.6. The van der Waals surface area contributed by atoms with Crippen molar-refractivity contribution < 1.29 is 4.79 Å². The van der Waals surface area contributed by atoms with E-state index in [1.165, 1.54) is 4.90 Å². The van der Waals surface area contributed by atoms with E-state index in [0.29, 0.717) is 6.54 Å². The summed E-state index contributed by atoms with van der Waals surface area (Å²) in [5.41, 5.74) is 5.94. The number of primary amides is 1. The highest BCUT2D eigenvalue weighted by Crippen LogP contribution is 1.98. The molecule has 0 aromatic rings. The normalized spacial score (nSPS) is 9.50. The molecule has 0 aliphatic carbocycles. The Bertz CT molecular complexity index is 219. The van der Waals surface area contributed by atoms with E-state index < -0.39 is 6.03 Å². The lowest BCUT2D eigenvalue weighted by Crippen LogP contribution is -2.33. The van der Waals surface area contributed by atoms with Crippen molar-refractivity contribution in [1.82, 2.24) is 4.90 Å². The van der Waals surface area contributed by atoms with Crippen molar-refractivity contribution in [3.05, 3.63) is 37.0 Å². The van der Waals surface area contributed by atoms with E-state index in [2.05, 4.69) is 13.2 Å². The first kappa shape index (κ1) is 15.0. The van der Waals surface area contributed by atoms with Crippen LogP contribution in [-0.4, -0.2) is 24.5 Å². The molecule has 0 spiro atoms. The number of carbonyl (C=O) groups excluding carboxylic acids is 1. The Hall–Kier alpha value is -1.51. The highest BCUT2D eigenvalue weighted by Gasteiger charge is 2.02. The molecule has 0 heterocycles. The molecule has 0 aromatic carbocycles. The number of nitrogens with two attached hydrogens (primary N) is 1. The number of nitrogens with zero attached hydrogens (tertiary/aromatic N) is 1. The van der Waals surface area contributed by atoms with Crippen LogP contribution in [0.25, 0.3) is 0 Å². The Morgan fingerprint density at radius 2 is 1.93 bits per heavy atom. The Kier molecular flexibility index (Phi) is 10.3. The first-order valence-corrected chi connectivity index (χ1v) is 4.56. The van der Waals surface area contributed by atoms with Gasteiger partial charge in [0, 0.05) is 13.6 Å². The average molecular weight is 196 g/mol. The minimum absolute atomic E-state index is 0.452. The third-order valence-corrected chi connectivity index (χ3v) is 1.39. The number of hydrogen-bond acceptors (Lipinski definition) is 1. The van der Waals surface area contributed by atoms with Gasteiger partial charge in [-0.15, -0.1) is 0 Å². The van der Waals surface area contributed by atoms with Crippen LogP contribution < -0.4 is 5.73 Å². The molecule has 3 heteroatoms. The number of amides is 2. The van der Waals surface area contributed by atoms with E-state index in [1.54, 1.807) is 25.3 Å². The predicted octanol–water partition coefficient (Wildman–Crippen LogP) is 2.32. The minimum atomic E-state index is -0.452. The van der Waals surface area contributed by atoms with Crippen LogP contribution in [0.15, 0.2) is 37.0 Å². The van der Waals surface area contributed by atoms with Crippen LogP contribution in [0, 0.1) is 0 Å². The maximum absolute atomic E-state index is 10.6. The molecule has 0 aliphatic rings. The molecular formula is C11H20N2O. The SMILES string of the molecule is C=C/C=C(\C=C)CN(C)C(N)=O.CC. The molecular weight excluding hydrogens is 176 g/mol. The molecule has 0 radical (unpaired) electrons. The van der Waals surface area contributed by atoms with Gasteiger partial charge in [-0.3, -0.25) is 0 Å². The fourth-order valence-electron chi connectivity index (χ4n) is 0.688. The minimum Gasteiger partial charge on any atom is -0.351 e. The van der Waals surface area contributed by atoms with Gasteiger partial charge in [0.1, 0.15) is 0 Å². The third-order valence-electron chi connectivity index (χ3n) is 1.39. The van der Waals surface area contributed by atoms with E-state index in [-0.39, 0.29) is 0 Å². The fourth-order valence-corrected chi connectivity index (χ4v) is 0.688. The molecule has 0 atom stereocenters. The van der Waals surface area contributed by atoms with Crippen molar-refractivity contribution in [2.45, 2.75) is 13.8 Å². The maximum Gasteiger partial charge on any atom is 0.314 e. The molecule has 80 valence electrons. The van der Waals surface area contributed by atoms with Gasteiger partial charge in [0.2, 0.25) is 0 Å². The monoisotopic (exact) mass is 196 g/mol. The standard InChI is InChI=1S/C9H14N2O.C2H6/c1-4-6-8(5-2)7-11(3)9(10)12;1-2/h4-6H,1-2,7H2,3H3,(H2,10,12);1-2H3/b8-6+;. The molecule has 14 heavy (non-hydrogen) atoms. The zero-order valence-corrected chi connectivity index (χ0v) is 9.29. The van der Waals surface area contributed by atoms with E-state index in [9.17, 15) is 4.79 Å². The average Bonchev–Trinajstić information content (AvgIpc) is 2.19. The lowest BCUT2D eigenvalue weighted by Gasteiger charge is -2.13. The van der Waals surface area contributed by atoms with Crippen LogP contribution in [0.4, 0.5) is 4.79 Å². The number of allylic oxidation sites excluding steroid dienone is 2. The van der Waals surface area contributed by atoms with Crippen molar-refractivity contribution in [2.75, 3.05) is 13.6 Å². The number of hydrogen-bond donors (Lipinski definition) is 1. The van der Waals surface area contributed by atoms with Crippen LogP contribution >= 0.6 is 0 Å². The largest absolute Gasteiger partial charge is 0.351 e. The van der Waals surface area contributed by atoms with Crippen molar-refractivity contribution in [3.8, 4) is 0 Å². The Labute approximate surface area is 86.6 Å². The van der Waals surface area contributed by atoms with Gasteiger partial charge in [0.05, 0.1) is 0 Å². The maximum atomic E-state index is 10.6. The topological polar surface area (TPSA) is 46.3 Å². The molecule has 0 bridgehead atoms. The van der Waals surface area contributed by atoms with Crippen molar-refractivity contribution >= 4 is 6.03 Å². The van der Waals surface area contributed by atoms with Gasteiger partial charge >= 0.3 is 6.03 Å². The van der Waals surface area contributed by atoms with Crippen molar-refractivity contribution in [3.63, 3.8) is 0 Å². The molecule has 0 aliphatic heterocycles. The quantitative estimate of drug-likeness (QED) is 0.689. The molecule has 2 N–H and O–H groups in total. The smallest absolute Gasteiger partial charge is 0.314 e. The van der Waals surface area contributed by atoms with Gasteiger partial charge in [-0.05, 0) is 5.57 Å². The molecule has 2 amide bonds. The summed E-state index contributed by atoms with van der Waals surface area (Å²) in [6, 6.07) is -0.452. The lowest BCUT2D eigenvalue weighted by atomic mass is 10.2.